The molecule has 1 amide bonds. The van der Waals surface area contributed by atoms with Crippen molar-refractivity contribution in [1.29, 1.82) is 0 Å². The largest absolute Gasteiger partial charge is 0.508 e. The number of amides is 1. The molecule has 0 aliphatic rings. The van der Waals surface area contributed by atoms with E-state index < -0.39 is 10.0 Å². The van der Waals surface area contributed by atoms with Crippen LogP contribution in [0.1, 0.15) is 0 Å². The van der Waals surface area contributed by atoms with Crippen LogP contribution in [0, 0.1) is 0 Å². The van der Waals surface area contributed by atoms with E-state index in [2.05, 4.69) is 4.72 Å². The van der Waals surface area contributed by atoms with Gasteiger partial charge in [-0.3, -0.25) is 4.79 Å². The van der Waals surface area contributed by atoms with Crippen LogP contribution in [0.5, 0.6) is 5.75 Å². The topological polar surface area (TPSA) is 86.7 Å². The Hall–Kier alpha value is -1.60. The summed E-state index contributed by atoms with van der Waals surface area (Å²) in [6.45, 7) is -0.295. The molecule has 0 saturated carbocycles. The fourth-order valence-electron chi connectivity index (χ4n) is 1.02. The van der Waals surface area contributed by atoms with Crippen LogP contribution in [-0.4, -0.2) is 45.0 Å². The number of phenolic OH excluding ortho intramolecular Hbond substituents is 1. The van der Waals surface area contributed by atoms with E-state index in [9.17, 15) is 13.2 Å². The van der Waals surface area contributed by atoms with Gasteiger partial charge in [-0.2, -0.15) is 0 Å². The van der Waals surface area contributed by atoms with Crippen molar-refractivity contribution < 1.29 is 18.3 Å². The van der Waals surface area contributed by atoms with Gasteiger partial charge in [0.25, 0.3) is 0 Å². The highest BCUT2D eigenvalue weighted by Gasteiger charge is 2.15. The molecule has 7 heteroatoms. The first-order valence-electron chi connectivity index (χ1n) is 4.82. The van der Waals surface area contributed by atoms with E-state index in [1.165, 1.54) is 43.3 Å². The van der Waals surface area contributed by atoms with Gasteiger partial charge in [0.2, 0.25) is 15.9 Å². The first kappa shape index (κ1) is 13.5. The van der Waals surface area contributed by atoms with Crippen molar-refractivity contribution in [2.45, 2.75) is 4.90 Å². The second-order valence-electron chi connectivity index (χ2n) is 3.61. The Labute approximate surface area is 99.9 Å². The van der Waals surface area contributed by atoms with E-state index in [1.54, 1.807) is 0 Å². The zero-order chi connectivity index (χ0) is 13.1. The van der Waals surface area contributed by atoms with Crippen LogP contribution < -0.4 is 4.72 Å². The van der Waals surface area contributed by atoms with Crippen molar-refractivity contribution in [2.24, 2.45) is 0 Å². The maximum Gasteiger partial charge on any atom is 0.241 e. The lowest BCUT2D eigenvalue weighted by Gasteiger charge is -2.11. The van der Waals surface area contributed by atoms with Gasteiger partial charge in [-0.1, -0.05) is 0 Å². The molecule has 0 spiro atoms. The molecule has 1 rings (SSSR count). The Morgan fingerprint density at radius 3 is 2.29 bits per heavy atom. The number of sulfonamides is 1. The molecule has 0 aliphatic carbocycles. The van der Waals surface area contributed by atoms with Crippen molar-refractivity contribution >= 4 is 15.9 Å². The van der Waals surface area contributed by atoms with Crippen molar-refractivity contribution in [3.63, 3.8) is 0 Å². The molecule has 2 N–H and O–H groups in total. The summed E-state index contributed by atoms with van der Waals surface area (Å²) in [5.41, 5.74) is 0. The molecule has 0 aliphatic heterocycles. The number of hydrogen-bond acceptors (Lipinski definition) is 4. The summed E-state index contributed by atoms with van der Waals surface area (Å²) in [7, 11) is -0.636. The average Bonchev–Trinajstić information content (AvgIpc) is 2.26. The molecule has 0 atom stereocenters. The standard InChI is InChI=1S/C10H14N2O4S/c1-12(2)10(14)7-11-17(15,16)9-5-3-8(13)4-6-9/h3-6,11,13H,7H2,1-2H3. The van der Waals surface area contributed by atoms with E-state index in [4.69, 9.17) is 5.11 Å². The van der Waals surface area contributed by atoms with Gasteiger partial charge in [0, 0.05) is 14.1 Å². The fourth-order valence-corrected chi connectivity index (χ4v) is 2.00. The van der Waals surface area contributed by atoms with Gasteiger partial charge >= 0.3 is 0 Å². The number of carbonyl (C=O) groups is 1. The third-order valence-corrected chi connectivity index (χ3v) is 3.48. The average molecular weight is 258 g/mol. The zero-order valence-electron chi connectivity index (χ0n) is 9.54. The van der Waals surface area contributed by atoms with E-state index in [0.717, 1.165) is 0 Å². The first-order valence-corrected chi connectivity index (χ1v) is 6.30. The van der Waals surface area contributed by atoms with E-state index in [-0.39, 0.29) is 23.1 Å². The van der Waals surface area contributed by atoms with Crippen molar-refractivity contribution in [3.8, 4) is 5.75 Å². The molecule has 0 bridgehead atoms. The number of phenols is 1. The molecule has 0 fully saturated rings. The molecule has 0 heterocycles. The molecule has 1 aromatic carbocycles. The highest BCUT2D eigenvalue weighted by atomic mass is 32.2. The zero-order valence-corrected chi connectivity index (χ0v) is 10.4. The minimum atomic E-state index is -3.71. The molecule has 17 heavy (non-hydrogen) atoms. The van der Waals surface area contributed by atoms with E-state index in [1.807, 2.05) is 0 Å². The monoisotopic (exact) mass is 258 g/mol. The fraction of sp³-hybridized carbons (Fsp3) is 0.300. The molecule has 0 saturated heterocycles. The maximum absolute atomic E-state index is 11.7. The molecule has 0 radical (unpaired) electrons. The van der Waals surface area contributed by atoms with E-state index in [0.29, 0.717) is 0 Å². The molecule has 6 nitrogen and oxygen atoms in total. The van der Waals surface area contributed by atoms with Crippen LogP contribution in [0.15, 0.2) is 29.2 Å². The third kappa shape index (κ3) is 3.72. The lowest BCUT2D eigenvalue weighted by Crippen LogP contribution is -2.36. The molecule has 0 unspecified atom stereocenters. The number of carbonyl (C=O) groups excluding carboxylic acids is 1. The number of aromatic hydroxyl groups is 1. The Morgan fingerprint density at radius 1 is 1.29 bits per heavy atom. The summed E-state index contributed by atoms with van der Waals surface area (Å²) in [6, 6.07) is 5.06. The number of rotatable bonds is 4. The number of nitrogens with zero attached hydrogens (tertiary/aromatic N) is 1. The summed E-state index contributed by atoms with van der Waals surface area (Å²) in [4.78, 5) is 12.5. The maximum atomic E-state index is 11.7. The lowest BCUT2D eigenvalue weighted by molar-refractivity contribution is -0.127. The molecular formula is C10H14N2O4S. The van der Waals surface area contributed by atoms with Gasteiger partial charge in [-0.25, -0.2) is 13.1 Å². The Morgan fingerprint density at radius 2 is 1.82 bits per heavy atom. The van der Waals surface area contributed by atoms with Crippen molar-refractivity contribution in [1.82, 2.24) is 9.62 Å². The van der Waals surface area contributed by atoms with Gasteiger partial charge in [0.1, 0.15) is 5.75 Å². The second kappa shape index (κ2) is 5.15. The number of nitrogens with one attached hydrogen (secondary N) is 1. The number of likely N-dealkylation sites (N-methyl/N-ethyl adjacent to an activating group) is 1. The summed E-state index contributed by atoms with van der Waals surface area (Å²) in [6.07, 6.45) is 0. The van der Waals surface area contributed by atoms with Crippen molar-refractivity contribution in [2.75, 3.05) is 20.6 Å². The second-order valence-corrected chi connectivity index (χ2v) is 5.37. The lowest BCUT2D eigenvalue weighted by atomic mass is 10.3. The van der Waals surface area contributed by atoms with Gasteiger partial charge in [0.15, 0.2) is 0 Å². The Kier molecular flexibility index (Phi) is 4.08. The SMILES string of the molecule is CN(C)C(=O)CNS(=O)(=O)c1ccc(O)cc1. The van der Waals surface area contributed by atoms with Crippen LogP contribution >= 0.6 is 0 Å². The predicted octanol–water partition coefficient (Wildman–Crippen LogP) is -0.241. The number of benzene rings is 1. The first-order chi connectivity index (χ1) is 7.83. The van der Waals surface area contributed by atoms with Crippen LogP contribution in [-0.2, 0) is 14.8 Å². The quantitative estimate of drug-likeness (QED) is 0.780. The molecule has 0 aromatic heterocycles. The molecule has 1 aromatic rings. The summed E-state index contributed by atoms with van der Waals surface area (Å²) < 4.78 is 25.6. The minimum Gasteiger partial charge on any atom is -0.508 e. The van der Waals surface area contributed by atoms with Crippen LogP contribution in [0.2, 0.25) is 0 Å². The highest BCUT2D eigenvalue weighted by molar-refractivity contribution is 7.89. The predicted molar refractivity (Wildman–Crippen MR) is 62.0 cm³/mol. The normalized spacial score (nSPS) is 11.2. The van der Waals surface area contributed by atoms with Crippen LogP contribution in [0.25, 0.3) is 0 Å². The van der Waals surface area contributed by atoms with Crippen molar-refractivity contribution in [3.05, 3.63) is 24.3 Å². The molecule has 94 valence electrons. The van der Waals surface area contributed by atoms with Crippen LogP contribution in [0.3, 0.4) is 0 Å². The van der Waals surface area contributed by atoms with Gasteiger partial charge in [-0.15, -0.1) is 0 Å². The minimum absolute atomic E-state index is 0.00172. The Balaban J connectivity index is 2.76. The smallest absolute Gasteiger partial charge is 0.241 e. The Bertz CT molecular complexity index is 494. The third-order valence-electron chi connectivity index (χ3n) is 2.06. The van der Waals surface area contributed by atoms with Gasteiger partial charge in [0.05, 0.1) is 11.4 Å². The van der Waals surface area contributed by atoms with Crippen LogP contribution in [0.4, 0.5) is 0 Å². The highest BCUT2D eigenvalue weighted by Crippen LogP contribution is 2.13. The summed E-state index contributed by atoms with van der Waals surface area (Å²) in [5, 5.41) is 9.04. The van der Waals surface area contributed by atoms with Gasteiger partial charge < -0.3 is 10.0 Å². The number of hydrogen-bond donors (Lipinski definition) is 2. The molecular weight excluding hydrogens is 244 g/mol. The summed E-state index contributed by atoms with van der Waals surface area (Å²) in [5.74, 6) is -0.360. The van der Waals surface area contributed by atoms with Gasteiger partial charge in [-0.05, 0) is 24.3 Å². The summed E-state index contributed by atoms with van der Waals surface area (Å²) >= 11 is 0. The van der Waals surface area contributed by atoms with E-state index >= 15 is 0 Å².